The van der Waals surface area contributed by atoms with Crippen LogP contribution in [0.1, 0.15) is 18.0 Å². The molecular weight excluding hydrogens is 243 g/mol. The molecule has 0 amide bonds. The first-order chi connectivity index (χ1) is 9.26. The lowest BCUT2D eigenvalue weighted by molar-refractivity contribution is 0.494. The molecule has 1 aliphatic heterocycles. The standard InChI is InChI=1S/C14H17FN4/c15-12-1-3-13(4-2-12)18-6-5-14(10-18)19-9-11(7-16)8-17-19/h1-4,8-9,14H,5-7,10,16H2. The minimum atomic E-state index is -0.195. The molecule has 2 N–H and O–H groups in total. The summed E-state index contributed by atoms with van der Waals surface area (Å²) in [7, 11) is 0. The molecule has 1 unspecified atom stereocenters. The molecule has 0 bridgehead atoms. The van der Waals surface area contributed by atoms with Crippen LogP contribution in [0.2, 0.25) is 0 Å². The lowest BCUT2D eigenvalue weighted by Gasteiger charge is -2.18. The molecule has 100 valence electrons. The molecule has 2 aromatic rings. The lowest BCUT2D eigenvalue weighted by atomic mass is 10.2. The molecule has 1 saturated heterocycles. The highest BCUT2D eigenvalue weighted by Crippen LogP contribution is 2.26. The molecular formula is C14H17FN4. The largest absolute Gasteiger partial charge is 0.369 e. The van der Waals surface area contributed by atoms with Crippen LogP contribution in [0.25, 0.3) is 0 Å². The van der Waals surface area contributed by atoms with Gasteiger partial charge in [-0.2, -0.15) is 5.10 Å². The van der Waals surface area contributed by atoms with Crippen molar-refractivity contribution in [3.05, 3.63) is 48.0 Å². The van der Waals surface area contributed by atoms with Crippen LogP contribution in [0.15, 0.2) is 36.7 Å². The van der Waals surface area contributed by atoms with Crippen molar-refractivity contribution in [3.63, 3.8) is 0 Å². The number of benzene rings is 1. The summed E-state index contributed by atoms with van der Waals surface area (Å²) in [4.78, 5) is 2.26. The molecule has 0 radical (unpaired) electrons. The van der Waals surface area contributed by atoms with Crippen molar-refractivity contribution < 1.29 is 4.39 Å². The maximum Gasteiger partial charge on any atom is 0.123 e. The van der Waals surface area contributed by atoms with Gasteiger partial charge >= 0.3 is 0 Å². The first-order valence-electron chi connectivity index (χ1n) is 6.50. The number of halogens is 1. The fraction of sp³-hybridized carbons (Fsp3) is 0.357. The zero-order chi connectivity index (χ0) is 13.2. The van der Waals surface area contributed by atoms with Gasteiger partial charge in [-0.05, 0) is 30.7 Å². The Balaban J connectivity index is 1.71. The van der Waals surface area contributed by atoms with Crippen molar-refractivity contribution >= 4 is 5.69 Å². The highest BCUT2D eigenvalue weighted by molar-refractivity contribution is 5.47. The molecule has 1 aromatic carbocycles. The van der Waals surface area contributed by atoms with Crippen LogP contribution in [-0.4, -0.2) is 22.9 Å². The molecule has 1 aliphatic rings. The molecule has 0 spiro atoms. The first-order valence-corrected chi connectivity index (χ1v) is 6.50. The van der Waals surface area contributed by atoms with E-state index in [0.717, 1.165) is 30.8 Å². The van der Waals surface area contributed by atoms with Crippen LogP contribution < -0.4 is 10.6 Å². The Morgan fingerprint density at radius 2 is 2.11 bits per heavy atom. The van der Waals surface area contributed by atoms with Gasteiger partial charge in [0.2, 0.25) is 0 Å². The topological polar surface area (TPSA) is 47.1 Å². The molecule has 0 aliphatic carbocycles. The van der Waals surface area contributed by atoms with Gasteiger partial charge in [0.1, 0.15) is 5.82 Å². The molecule has 19 heavy (non-hydrogen) atoms. The SMILES string of the molecule is NCc1cnn(C2CCN(c3ccc(F)cc3)C2)c1. The zero-order valence-corrected chi connectivity index (χ0v) is 10.7. The van der Waals surface area contributed by atoms with Crippen molar-refractivity contribution in [1.29, 1.82) is 0 Å². The number of aromatic nitrogens is 2. The summed E-state index contributed by atoms with van der Waals surface area (Å²) in [5.74, 6) is -0.195. The van der Waals surface area contributed by atoms with E-state index in [1.165, 1.54) is 12.1 Å². The van der Waals surface area contributed by atoms with Gasteiger partial charge < -0.3 is 10.6 Å². The second-order valence-electron chi connectivity index (χ2n) is 4.90. The second kappa shape index (κ2) is 5.01. The van der Waals surface area contributed by atoms with Crippen LogP contribution in [-0.2, 0) is 6.54 Å². The van der Waals surface area contributed by atoms with Crippen molar-refractivity contribution in [3.8, 4) is 0 Å². The van der Waals surface area contributed by atoms with Gasteiger partial charge in [0.25, 0.3) is 0 Å². The Hall–Kier alpha value is -1.88. The van der Waals surface area contributed by atoms with Crippen LogP contribution in [0.3, 0.4) is 0 Å². The van der Waals surface area contributed by atoms with E-state index in [0.29, 0.717) is 12.6 Å². The maximum absolute atomic E-state index is 12.9. The number of nitrogens with zero attached hydrogens (tertiary/aromatic N) is 3. The van der Waals surface area contributed by atoms with Gasteiger partial charge in [-0.3, -0.25) is 4.68 Å². The summed E-state index contributed by atoms with van der Waals surface area (Å²) < 4.78 is 14.9. The van der Waals surface area contributed by atoms with E-state index in [9.17, 15) is 4.39 Å². The van der Waals surface area contributed by atoms with E-state index in [2.05, 4.69) is 10.00 Å². The van der Waals surface area contributed by atoms with Gasteiger partial charge in [0.15, 0.2) is 0 Å². The predicted octanol–water partition coefficient (Wildman–Crippen LogP) is 1.93. The molecule has 4 nitrogen and oxygen atoms in total. The summed E-state index contributed by atoms with van der Waals surface area (Å²) in [6, 6.07) is 7.02. The van der Waals surface area contributed by atoms with Crippen molar-refractivity contribution in [1.82, 2.24) is 9.78 Å². The smallest absolute Gasteiger partial charge is 0.123 e. The number of nitrogens with two attached hydrogens (primary N) is 1. The number of rotatable bonds is 3. The molecule has 3 rings (SSSR count). The Labute approximate surface area is 111 Å². The quantitative estimate of drug-likeness (QED) is 0.917. The third-order valence-electron chi connectivity index (χ3n) is 3.62. The Morgan fingerprint density at radius 1 is 1.32 bits per heavy atom. The Morgan fingerprint density at radius 3 is 2.79 bits per heavy atom. The summed E-state index contributed by atoms with van der Waals surface area (Å²) in [6.07, 6.45) is 4.88. The fourth-order valence-corrected chi connectivity index (χ4v) is 2.53. The van der Waals surface area contributed by atoms with Crippen molar-refractivity contribution in [2.75, 3.05) is 18.0 Å². The van der Waals surface area contributed by atoms with E-state index in [4.69, 9.17) is 5.73 Å². The third kappa shape index (κ3) is 2.46. The second-order valence-corrected chi connectivity index (χ2v) is 4.90. The zero-order valence-electron chi connectivity index (χ0n) is 10.7. The van der Waals surface area contributed by atoms with E-state index >= 15 is 0 Å². The van der Waals surface area contributed by atoms with Gasteiger partial charge in [-0.25, -0.2) is 4.39 Å². The fourth-order valence-electron chi connectivity index (χ4n) is 2.53. The van der Waals surface area contributed by atoms with E-state index in [1.54, 1.807) is 0 Å². The van der Waals surface area contributed by atoms with Crippen molar-refractivity contribution in [2.45, 2.75) is 19.0 Å². The minimum absolute atomic E-state index is 0.195. The van der Waals surface area contributed by atoms with Gasteiger partial charge in [0.05, 0.1) is 12.2 Å². The first kappa shape index (κ1) is 12.2. The molecule has 1 aromatic heterocycles. The van der Waals surface area contributed by atoms with Crippen LogP contribution in [0.4, 0.5) is 10.1 Å². The number of anilines is 1. The van der Waals surface area contributed by atoms with Crippen LogP contribution in [0, 0.1) is 5.82 Å². The van der Waals surface area contributed by atoms with Crippen LogP contribution >= 0.6 is 0 Å². The summed E-state index contributed by atoms with van der Waals surface area (Å²) in [5.41, 5.74) is 7.72. The van der Waals surface area contributed by atoms with E-state index in [1.807, 2.05) is 29.2 Å². The Bertz CT molecular complexity index is 549. The molecule has 1 fully saturated rings. The third-order valence-corrected chi connectivity index (χ3v) is 3.62. The Kier molecular flexibility index (Phi) is 3.21. The normalized spacial score (nSPS) is 19.1. The average Bonchev–Trinajstić information content (AvgIpc) is 3.08. The van der Waals surface area contributed by atoms with Gasteiger partial charge in [-0.1, -0.05) is 0 Å². The summed E-state index contributed by atoms with van der Waals surface area (Å²) in [6.45, 7) is 2.39. The van der Waals surface area contributed by atoms with Gasteiger partial charge in [0, 0.05) is 37.1 Å². The maximum atomic E-state index is 12.9. The number of hydrogen-bond donors (Lipinski definition) is 1. The minimum Gasteiger partial charge on any atom is -0.369 e. The van der Waals surface area contributed by atoms with Crippen molar-refractivity contribution in [2.24, 2.45) is 5.73 Å². The molecule has 2 heterocycles. The molecule has 1 atom stereocenters. The summed E-state index contributed by atoms with van der Waals surface area (Å²) >= 11 is 0. The van der Waals surface area contributed by atoms with Gasteiger partial charge in [-0.15, -0.1) is 0 Å². The molecule has 5 heteroatoms. The van der Waals surface area contributed by atoms with E-state index < -0.39 is 0 Å². The average molecular weight is 260 g/mol. The number of hydrogen-bond acceptors (Lipinski definition) is 3. The summed E-state index contributed by atoms with van der Waals surface area (Å²) in [5, 5.41) is 4.36. The predicted molar refractivity (Wildman–Crippen MR) is 72.4 cm³/mol. The lowest BCUT2D eigenvalue weighted by Crippen LogP contribution is -2.21. The highest BCUT2D eigenvalue weighted by atomic mass is 19.1. The van der Waals surface area contributed by atoms with Crippen LogP contribution in [0.5, 0.6) is 0 Å². The monoisotopic (exact) mass is 260 g/mol. The van der Waals surface area contributed by atoms with E-state index in [-0.39, 0.29) is 5.82 Å². The highest BCUT2D eigenvalue weighted by Gasteiger charge is 2.24. The molecule has 0 saturated carbocycles.